The van der Waals surface area contributed by atoms with Crippen LogP contribution in [0.1, 0.15) is 96.0 Å². The monoisotopic (exact) mass is 526 g/mol. The third-order valence-electron chi connectivity index (χ3n) is 12.3. The zero-order valence-electron chi connectivity index (χ0n) is 23.2. The maximum absolute atomic E-state index is 12.7. The van der Waals surface area contributed by atoms with Gasteiger partial charge in [-0.25, -0.2) is 4.79 Å². The topological polar surface area (TPSA) is 106 Å². The summed E-state index contributed by atoms with van der Waals surface area (Å²) in [6, 6.07) is 3.64. The summed E-state index contributed by atoms with van der Waals surface area (Å²) in [6.45, 7) is 6.46. The fourth-order valence-electron chi connectivity index (χ4n) is 9.87. The molecule has 8 atom stereocenters. The second-order valence-electron chi connectivity index (χ2n) is 13.8. The first-order valence-corrected chi connectivity index (χ1v) is 15.1. The molecule has 0 bridgehead atoms. The molecule has 0 aromatic carbocycles. The smallest absolute Gasteiger partial charge is 0.335 e. The van der Waals surface area contributed by atoms with E-state index in [-0.39, 0.29) is 47.0 Å². The largest absolute Gasteiger partial charge is 0.431 e. The Morgan fingerprint density at radius 1 is 1.05 bits per heavy atom. The molecule has 2 heterocycles. The quantitative estimate of drug-likeness (QED) is 0.609. The van der Waals surface area contributed by atoms with Crippen LogP contribution < -0.4 is 11.4 Å². The summed E-state index contributed by atoms with van der Waals surface area (Å²) in [5, 5.41) is 12.4. The number of nitrogens with zero attached hydrogens (tertiary/aromatic N) is 1. The Hall–Kier alpha value is -1.70. The lowest BCUT2D eigenvalue weighted by atomic mass is 9.43. The van der Waals surface area contributed by atoms with E-state index in [1.165, 1.54) is 6.07 Å². The van der Waals surface area contributed by atoms with E-state index >= 15 is 0 Å². The lowest BCUT2D eigenvalue weighted by Crippen LogP contribution is -2.62. The van der Waals surface area contributed by atoms with Gasteiger partial charge in [-0.2, -0.15) is 0 Å². The molecule has 38 heavy (non-hydrogen) atoms. The Morgan fingerprint density at radius 3 is 2.58 bits per heavy atom. The van der Waals surface area contributed by atoms with E-state index in [2.05, 4.69) is 13.8 Å². The molecule has 7 heteroatoms. The average molecular weight is 527 g/mol. The summed E-state index contributed by atoms with van der Waals surface area (Å²) >= 11 is 0. The van der Waals surface area contributed by atoms with E-state index in [1.807, 2.05) is 11.0 Å². The first kappa shape index (κ1) is 26.5. The molecular weight excluding hydrogens is 480 g/mol. The van der Waals surface area contributed by atoms with Crippen molar-refractivity contribution in [3.05, 3.63) is 34.4 Å². The zero-order chi connectivity index (χ0) is 26.7. The molecule has 0 unspecified atom stereocenters. The van der Waals surface area contributed by atoms with E-state index < -0.39 is 5.60 Å². The Balaban J connectivity index is 1.11. The highest BCUT2D eigenvalue weighted by Crippen LogP contribution is 2.70. The molecule has 1 saturated heterocycles. The summed E-state index contributed by atoms with van der Waals surface area (Å²) in [6.07, 6.45) is 12.8. The minimum Gasteiger partial charge on any atom is -0.431 e. The molecule has 0 spiro atoms. The molecule has 6 rings (SSSR count). The van der Waals surface area contributed by atoms with Crippen LogP contribution in [0.3, 0.4) is 0 Å². The molecule has 1 amide bonds. The second-order valence-corrected chi connectivity index (χ2v) is 13.8. The van der Waals surface area contributed by atoms with Crippen LogP contribution >= 0.6 is 0 Å². The molecule has 210 valence electrons. The number of carbonyl (C=O) groups excluding carboxylic acids is 1. The minimum atomic E-state index is -0.679. The van der Waals surface area contributed by atoms with Crippen molar-refractivity contribution in [2.75, 3.05) is 19.7 Å². The SMILES string of the molecule is C[C@]12CC[C@H](OCC(=O)N3CCC(N)CC3)C[C@H]1CC[C@@H]1[C@@H]2CC[C@]2(C)[C@@H](c3ccc(=O)oc3)CC[C@]12O. The van der Waals surface area contributed by atoms with Crippen molar-refractivity contribution < 1.29 is 19.1 Å². The van der Waals surface area contributed by atoms with Gasteiger partial charge in [-0.3, -0.25) is 4.79 Å². The Bertz CT molecular complexity index is 1080. The highest BCUT2D eigenvalue weighted by molar-refractivity contribution is 5.77. The van der Waals surface area contributed by atoms with E-state index in [0.717, 1.165) is 89.3 Å². The van der Waals surface area contributed by atoms with Gasteiger partial charge < -0.3 is 24.9 Å². The van der Waals surface area contributed by atoms with Gasteiger partial charge in [-0.15, -0.1) is 0 Å². The van der Waals surface area contributed by atoms with Crippen LogP contribution in [0.5, 0.6) is 0 Å². The predicted molar refractivity (Wildman–Crippen MR) is 144 cm³/mol. The standard InChI is InChI=1S/C31H46N2O5/c1-29-12-7-23(37-19-27(34)33-15-10-22(32)11-16-33)17-21(29)4-5-26-25(29)8-13-30(2)24(9-14-31(26,30)36)20-3-6-28(35)38-18-20/h3,6,18,21-26,36H,4-5,7-17,19,32H2,1-2H3/t21-,23+,24-,25+,26-,29+,30-,31+/m1/s1. The van der Waals surface area contributed by atoms with Gasteiger partial charge in [-0.05, 0) is 111 Å². The summed E-state index contributed by atoms with van der Waals surface area (Å²) in [7, 11) is 0. The van der Waals surface area contributed by atoms with Crippen molar-refractivity contribution in [3.63, 3.8) is 0 Å². The first-order chi connectivity index (χ1) is 18.1. The summed E-state index contributed by atoms with van der Waals surface area (Å²) < 4.78 is 11.5. The van der Waals surface area contributed by atoms with Gasteiger partial charge in [-0.1, -0.05) is 13.8 Å². The summed E-state index contributed by atoms with van der Waals surface area (Å²) in [5.41, 5.74) is 6.07. The highest BCUT2D eigenvalue weighted by atomic mass is 16.5. The van der Waals surface area contributed by atoms with Crippen LogP contribution in [0.15, 0.2) is 27.6 Å². The molecular formula is C31H46N2O5. The Morgan fingerprint density at radius 2 is 1.84 bits per heavy atom. The number of nitrogens with two attached hydrogens (primary N) is 1. The van der Waals surface area contributed by atoms with Crippen LogP contribution in [-0.2, 0) is 9.53 Å². The average Bonchev–Trinajstić information content (AvgIpc) is 3.19. The molecule has 1 aromatic rings. The van der Waals surface area contributed by atoms with Crippen LogP contribution in [0.25, 0.3) is 0 Å². The number of rotatable bonds is 4. The van der Waals surface area contributed by atoms with Gasteiger partial charge >= 0.3 is 5.63 Å². The van der Waals surface area contributed by atoms with Gasteiger partial charge in [0.15, 0.2) is 0 Å². The molecule has 0 radical (unpaired) electrons. The number of aliphatic hydroxyl groups is 1. The van der Waals surface area contributed by atoms with Gasteiger partial charge in [0.2, 0.25) is 5.91 Å². The minimum absolute atomic E-state index is 0.108. The first-order valence-electron chi connectivity index (χ1n) is 15.1. The third kappa shape index (κ3) is 4.19. The normalized spacial score (nSPS) is 43.3. The molecule has 4 saturated carbocycles. The number of amides is 1. The number of hydrogen-bond donors (Lipinski definition) is 2. The van der Waals surface area contributed by atoms with E-state index in [0.29, 0.717) is 17.8 Å². The second kappa shape index (κ2) is 9.74. The molecule has 3 N–H and O–H groups in total. The van der Waals surface area contributed by atoms with Gasteiger partial charge in [0.05, 0.1) is 18.0 Å². The Labute approximate surface area is 226 Å². The van der Waals surface area contributed by atoms with Crippen molar-refractivity contribution in [1.29, 1.82) is 0 Å². The van der Waals surface area contributed by atoms with Crippen LogP contribution in [-0.4, -0.2) is 53.4 Å². The molecule has 4 aliphatic carbocycles. The van der Waals surface area contributed by atoms with E-state index in [4.69, 9.17) is 14.9 Å². The number of ether oxygens (including phenoxy) is 1. The fraction of sp³-hybridized carbons (Fsp3) is 0.806. The predicted octanol–water partition coefficient (Wildman–Crippen LogP) is 4.22. The van der Waals surface area contributed by atoms with Crippen LogP contribution in [0.4, 0.5) is 0 Å². The van der Waals surface area contributed by atoms with Gasteiger partial charge in [0.25, 0.3) is 0 Å². The van der Waals surface area contributed by atoms with Gasteiger partial charge in [0.1, 0.15) is 6.61 Å². The summed E-state index contributed by atoms with van der Waals surface area (Å²) in [4.78, 5) is 26.2. The van der Waals surface area contributed by atoms with Crippen molar-refractivity contribution in [1.82, 2.24) is 4.90 Å². The number of piperidine rings is 1. The van der Waals surface area contributed by atoms with Gasteiger partial charge in [0, 0.05) is 30.6 Å². The molecule has 5 fully saturated rings. The van der Waals surface area contributed by atoms with Crippen LogP contribution in [0, 0.1) is 28.6 Å². The molecule has 1 aromatic heterocycles. The van der Waals surface area contributed by atoms with Crippen molar-refractivity contribution in [2.45, 2.75) is 108 Å². The molecule has 5 aliphatic rings. The van der Waals surface area contributed by atoms with Crippen LogP contribution in [0.2, 0.25) is 0 Å². The highest BCUT2D eigenvalue weighted by Gasteiger charge is 2.67. The van der Waals surface area contributed by atoms with E-state index in [9.17, 15) is 14.7 Å². The number of hydrogen-bond acceptors (Lipinski definition) is 6. The number of carbonyl (C=O) groups is 1. The maximum Gasteiger partial charge on any atom is 0.335 e. The number of fused-ring (bicyclic) bond motifs is 5. The maximum atomic E-state index is 12.7. The van der Waals surface area contributed by atoms with Crippen molar-refractivity contribution in [3.8, 4) is 0 Å². The van der Waals surface area contributed by atoms with E-state index in [1.54, 1.807) is 6.26 Å². The molecule has 1 aliphatic heterocycles. The zero-order valence-corrected chi connectivity index (χ0v) is 23.2. The fourth-order valence-corrected chi connectivity index (χ4v) is 9.87. The number of likely N-dealkylation sites (tertiary alicyclic amines) is 1. The summed E-state index contributed by atoms with van der Waals surface area (Å²) in [5.74, 6) is 1.75. The van der Waals surface area contributed by atoms with Crippen molar-refractivity contribution in [2.24, 2.45) is 34.3 Å². The third-order valence-corrected chi connectivity index (χ3v) is 12.3. The lowest BCUT2D eigenvalue weighted by molar-refractivity contribution is -0.207. The Kier molecular flexibility index (Phi) is 6.80. The lowest BCUT2D eigenvalue weighted by Gasteiger charge is -2.63. The molecule has 7 nitrogen and oxygen atoms in total. The van der Waals surface area contributed by atoms with Crippen molar-refractivity contribution >= 4 is 5.91 Å².